The molecule has 0 unspecified atom stereocenters. The van der Waals surface area contributed by atoms with Gasteiger partial charge in [0.15, 0.2) is 74.8 Å². The smallest absolute Gasteiger partial charge is 0.258 e. The molecule has 5 rings (SSSR count). The number of hydrogen-bond acceptors (Lipinski definition) is 3. The van der Waals surface area contributed by atoms with Crippen LogP contribution in [-0.2, 0) is 0 Å². The average Bonchev–Trinajstić information content (AvgIpc) is 3.17. The Kier molecular flexibility index (Phi) is 11.4. The lowest BCUT2D eigenvalue weighted by molar-refractivity contribution is -0.384. The van der Waals surface area contributed by atoms with E-state index in [1.54, 1.807) is 0 Å². The van der Waals surface area contributed by atoms with E-state index in [2.05, 4.69) is 4.98 Å². The summed E-state index contributed by atoms with van der Waals surface area (Å²) in [6, 6.07) is 5.26. The second kappa shape index (κ2) is 15.0. The van der Waals surface area contributed by atoms with E-state index in [1.165, 1.54) is 24.3 Å². The Morgan fingerprint density at radius 3 is 0.714 bits per heavy atom. The Balaban J connectivity index is 0.000000544. The van der Waals surface area contributed by atoms with Crippen molar-refractivity contribution in [1.29, 1.82) is 5.39 Å². The fourth-order valence-electron chi connectivity index (χ4n) is 5.52. The lowest BCUT2D eigenvalue weighted by atomic mass is 9.12. The van der Waals surface area contributed by atoms with E-state index in [0.29, 0.717) is 5.69 Å². The predicted octanol–water partition coefficient (Wildman–Crippen LogP) is 7.93. The first-order valence-corrected chi connectivity index (χ1v) is 13.8. The molecule has 0 aliphatic heterocycles. The molecule has 0 amide bonds. The van der Waals surface area contributed by atoms with Crippen LogP contribution < -0.4 is 21.9 Å². The first-order valence-electron chi connectivity index (χ1n) is 13.8. The van der Waals surface area contributed by atoms with Crippen molar-refractivity contribution in [3.8, 4) is 0 Å². The van der Waals surface area contributed by atoms with Gasteiger partial charge in [-0.25, -0.2) is 87.8 Å². The number of benzene rings is 5. The van der Waals surface area contributed by atoms with Crippen molar-refractivity contribution in [3.05, 3.63) is 156 Å². The first kappa shape index (κ1) is 42.3. The van der Waals surface area contributed by atoms with Gasteiger partial charge in [0.05, 0.1) is 4.92 Å². The second-order valence-corrected chi connectivity index (χ2v) is 10.7. The zero-order chi connectivity index (χ0) is 42.6. The van der Waals surface area contributed by atoms with Gasteiger partial charge in [0, 0.05) is 24.3 Å². The molecule has 5 nitrogen and oxygen atoms in total. The molecule has 26 heteroatoms. The van der Waals surface area contributed by atoms with Crippen molar-refractivity contribution in [2.45, 2.75) is 0 Å². The molecule has 0 spiro atoms. The Morgan fingerprint density at radius 2 is 0.554 bits per heavy atom. The number of nitro benzene ring substituents is 1. The fourth-order valence-corrected chi connectivity index (χ4v) is 5.52. The number of rotatable bonds is 5. The fraction of sp³-hybridized carbons (Fsp3) is 0. The van der Waals surface area contributed by atoms with Crippen molar-refractivity contribution in [3.63, 3.8) is 0 Å². The van der Waals surface area contributed by atoms with Gasteiger partial charge >= 0.3 is 5.69 Å². The van der Waals surface area contributed by atoms with Crippen LogP contribution in [0.2, 0.25) is 0 Å². The highest BCUT2D eigenvalue weighted by Crippen LogP contribution is 2.30. The molecule has 0 heterocycles. The van der Waals surface area contributed by atoms with Crippen molar-refractivity contribution < 1.29 is 92.7 Å². The molecule has 0 atom stereocenters. The summed E-state index contributed by atoms with van der Waals surface area (Å²) in [4.78, 5) is 12.4. The maximum atomic E-state index is 15.4. The van der Waals surface area contributed by atoms with Crippen LogP contribution in [-0.4, -0.2) is 11.1 Å². The Bertz CT molecular complexity index is 2150. The van der Waals surface area contributed by atoms with E-state index >= 15 is 35.1 Å². The molecule has 5 aromatic carbocycles. The average molecular weight is 829 g/mol. The summed E-state index contributed by atoms with van der Waals surface area (Å²) in [6.07, 6.45) is -7.22. The van der Waals surface area contributed by atoms with Crippen molar-refractivity contribution in [1.82, 2.24) is 0 Å². The van der Waals surface area contributed by atoms with Gasteiger partial charge in [0.25, 0.3) is 5.69 Å². The third-order valence-electron chi connectivity index (χ3n) is 7.88. The third-order valence-corrected chi connectivity index (χ3v) is 7.88. The molecule has 56 heavy (non-hydrogen) atoms. The summed E-state index contributed by atoms with van der Waals surface area (Å²) in [5, 5.41) is 18.3. The van der Waals surface area contributed by atoms with Crippen molar-refractivity contribution >= 4 is 39.4 Å². The minimum Gasteiger partial charge on any atom is -0.258 e. The zero-order valence-electron chi connectivity index (χ0n) is 25.6. The Hall–Kier alpha value is -6.42. The van der Waals surface area contributed by atoms with E-state index in [9.17, 15) is 62.8 Å². The summed E-state index contributed by atoms with van der Waals surface area (Å²) in [7, 11) is 0. The van der Waals surface area contributed by atoms with Crippen LogP contribution in [0, 0.1) is 132 Å². The highest BCUT2D eigenvalue weighted by atomic mass is 19.2. The minimum atomic E-state index is -7.22. The van der Waals surface area contributed by atoms with E-state index < -0.39 is 149 Å². The molecule has 0 bridgehead atoms. The van der Waals surface area contributed by atoms with Gasteiger partial charge in [0.1, 0.15) is 52.7 Å². The van der Waals surface area contributed by atoms with E-state index in [-0.39, 0.29) is 5.69 Å². The highest BCUT2D eigenvalue weighted by molar-refractivity contribution is 7.20. The third kappa shape index (κ3) is 6.15. The SMILES string of the molecule is Fc1c(F)c(F)c([B-](c2c(F)c(F)c(F)c(F)c2F)(c2c(F)c(F)c(F)c(F)c2F)c2c(F)c(F)c(F)c(F)c2F)c(F)c1F.N#[N+]c1ccc([N+](=O)[O-])cc1. The molecule has 0 radical (unpaired) electrons. The van der Waals surface area contributed by atoms with Crippen LogP contribution in [0.15, 0.2) is 24.3 Å². The van der Waals surface area contributed by atoms with E-state index in [1.807, 2.05) is 0 Å². The van der Waals surface area contributed by atoms with Crippen LogP contribution >= 0.6 is 0 Å². The van der Waals surface area contributed by atoms with Gasteiger partial charge in [-0.15, -0.1) is 21.9 Å². The standard InChI is InChI=1S/C24BF20.C6H4N3O2/c26-5-1(6(27)14(35)21(42)13(5)34)25(2-7(28)15(36)22(43)16(37)8(2)29,3-9(30)17(38)23(44)18(39)10(3)31)4-11(32)19(40)24(45)20(41)12(4)33;7-8-5-1-3-6(4-2-5)9(10)11/h;1-4H/q-1;+1. The number of nitro groups is 1. The molecule has 0 saturated carbocycles. The minimum absolute atomic E-state index is 0.0163. The number of hydrogen-bond donors (Lipinski definition) is 0. The number of halogens is 20. The molecular weight excluding hydrogens is 825 g/mol. The zero-order valence-corrected chi connectivity index (χ0v) is 25.6. The van der Waals surface area contributed by atoms with Crippen LogP contribution in [0.5, 0.6) is 0 Å². The van der Waals surface area contributed by atoms with Crippen molar-refractivity contribution in [2.24, 2.45) is 0 Å². The Morgan fingerprint density at radius 1 is 0.375 bits per heavy atom. The molecule has 0 N–H and O–H groups in total. The second-order valence-electron chi connectivity index (χ2n) is 10.7. The van der Waals surface area contributed by atoms with Gasteiger partial charge in [-0.05, 0) is 0 Å². The molecule has 0 aliphatic carbocycles. The van der Waals surface area contributed by atoms with E-state index in [4.69, 9.17) is 5.39 Å². The molecule has 5 aromatic rings. The van der Waals surface area contributed by atoms with Crippen LogP contribution in [0.1, 0.15) is 0 Å². The van der Waals surface area contributed by atoms with Gasteiger partial charge in [-0.2, -0.15) is 0 Å². The number of non-ortho nitro benzene ring substituents is 1. The van der Waals surface area contributed by atoms with Crippen LogP contribution in [0.3, 0.4) is 0 Å². The predicted molar refractivity (Wildman–Crippen MR) is 147 cm³/mol. The van der Waals surface area contributed by atoms with Gasteiger partial charge in [0.2, 0.25) is 5.39 Å². The number of nitrogens with zero attached hydrogens (tertiary/aromatic N) is 3. The van der Waals surface area contributed by atoms with Gasteiger partial charge in [-0.3, -0.25) is 10.1 Å². The Labute approximate surface area is 293 Å². The van der Waals surface area contributed by atoms with Crippen molar-refractivity contribution in [2.75, 3.05) is 0 Å². The maximum absolute atomic E-state index is 15.4. The molecular formula is C30H4BF20N3O2. The normalized spacial score (nSPS) is 11.3. The molecule has 0 aromatic heterocycles. The maximum Gasteiger partial charge on any atom is 0.385 e. The summed E-state index contributed by atoms with van der Waals surface area (Å²) >= 11 is 0. The molecule has 294 valence electrons. The van der Waals surface area contributed by atoms with Gasteiger partial charge in [-0.1, -0.05) is 0 Å². The lowest BCUT2D eigenvalue weighted by Gasteiger charge is -2.44. The molecule has 0 aliphatic rings. The van der Waals surface area contributed by atoms with E-state index in [0.717, 1.165) is 0 Å². The summed E-state index contributed by atoms with van der Waals surface area (Å²) < 4.78 is 294. The highest BCUT2D eigenvalue weighted by Gasteiger charge is 2.52. The topological polar surface area (TPSA) is 71.3 Å². The first-order chi connectivity index (χ1) is 25.9. The lowest BCUT2D eigenvalue weighted by Crippen LogP contribution is -2.81. The number of diazo groups is 1. The summed E-state index contributed by atoms with van der Waals surface area (Å²) in [5.74, 6) is -71.4. The molecule has 0 saturated heterocycles. The van der Waals surface area contributed by atoms with Crippen LogP contribution in [0.4, 0.5) is 99.2 Å². The van der Waals surface area contributed by atoms with Gasteiger partial charge < -0.3 is 0 Å². The summed E-state index contributed by atoms with van der Waals surface area (Å²) in [6.45, 7) is 0. The monoisotopic (exact) mass is 829 g/mol. The summed E-state index contributed by atoms with van der Waals surface area (Å²) in [5.41, 5.74) is -14.0. The largest absolute Gasteiger partial charge is 0.385 e. The quantitative estimate of drug-likeness (QED) is 0.0344. The molecule has 0 fully saturated rings. The van der Waals surface area contributed by atoms with Crippen LogP contribution in [0.25, 0.3) is 4.98 Å².